The van der Waals surface area contributed by atoms with Crippen molar-refractivity contribution in [3.63, 3.8) is 0 Å². The Morgan fingerprint density at radius 1 is 1.23 bits per heavy atom. The smallest absolute Gasteiger partial charge is 0.257 e. The number of aromatic nitrogens is 2. The number of nitriles is 1. The van der Waals surface area contributed by atoms with Gasteiger partial charge in [-0.2, -0.15) is 5.26 Å². The molecule has 0 spiro atoms. The molecule has 1 aliphatic rings. The Kier molecular flexibility index (Phi) is 5.97. The van der Waals surface area contributed by atoms with E-state index in [1.165, 1.54) is 12.4 Å². The van der Waals surface area contributed by atoms with Gasteiger partial charge in [0.25, 0.3) is 5.88 Å². The zero-order chi connectivity index (χ0) is 18.5. The lowest BCUT2D eigenvalue weighted by Crippen LogP contribution is -2.12. The van der Waals surface area contributed by atoms with Gasteiger partial charge < -0.3 is 9.47 Å². The van der Waals surface area contributed by atoms with Crippen molar-refractivity contribution in [2.75, 3.05) is 7.11 Å². The molecule has 2 aromatic rings. The topological polar surface area (TPSA) is 68.0 Å². The van der Waals surface area contributed by atoms with Gasteiger partial charge in [-0.3, -0.25) is 4.98 Å². The minimum atomic E-state index is 0.148. The molecule has 0 radical (unpaired) electrons. The Morgan fingerprint density at radius 3 is 2.54 bits per heavy atom. The fraction of sp³-hybridized carbons (Fsp3) is 0.316. The zero-order valence-corrected chi connectivity index (χ0v) is 15.7. The van der Waals surface area contributed by atoms with Crippen LogP contribution in [0.25, 0.3) is 11.6 Å². The van der Waals surface area contributed by atoms with Gasteiger partial charge in [0.05, 0.1) is 34.5 Å². The first-order chi connectivity index (χ1) is 12.6. The second-order valence-electron chi connectivity index (χ2n) is 5.92. The van der Waals surface area contributed by atoms with E-state index in [4.69, 9.17) is 32.7 Å². The van der Waals surface area contributed by atoms with Crippen molar-refractivity contribution < 1.29 is 9.47 Å². The maximum Gasteiger partial charge on any atom is 0.257 e. The van der Waals surface area contributed by atoms with Gasteiger partial charge >= 0.3 is 0 Å². The quantitative estimate of drug-likeness (QED) is 0.659. The predicted octanol–water partition coefficient (Wildman–Crippen LogP) is 5.18. The number of halogens is 2. The summed E-state index contributed by atoms with van der Waals surface area (Å²) in [5, 5.41) is 10.2. The Morgan fingerprint density at radius 2 is 1.92 bits per heavy atom. The summed E-state index contributed by atoms with van der Waals surface area (Å²) in [7, 11) is 1.57. The molecule has 134 valence electrons. The van der Waals surface area contributed by atoms with Crippen LogP contribution in [0, 0.1) is 11.3 Å². The lowest BCUT2D eigenvalue weighted by molar-refractivity contribution is 0.192. The first kappa shape index (κ1) is 18.5. The Bertz CT molecular complexity index is 851. The summed E-state index contributed by atoms with van der Waals surface area (Å²) in [6.07, 6.45) is 9.00. The van der Waals surface area contributed by atoms with Crippen LogP contribution in [0.1, 0.15) is 36.9 Å². The third-order valence-electron chi connectivity index (χ3n) is 4.18. The standard InChI is InChI=1S/C19H17Cl2N3O2/c1-25-17-7-6-13(24-19(17)26-14-4-2-3-5-14)8-12(9-22)18-15(20)10-23-11-16(18)21/h6-8,10-11,14H,2-5H2,1H3/b12-8+. The van der Waals surface area contributed by atoms with E-state index in [0.717, 1.165) is 25.7 Å². The van der Waals surface area contributed by atoms with E-state index in [9.17, 15) is 5.26 Å². The summed E-state index contributed by atoms with van der Waals surface area (Å²) < 4.78 is 11.3. The molecule has 0 amide bonds. The number of methoxy groups -OCH3 is 1. The van der Waals surface area contributed by atoms with E-state index in [1.54, 1.807) is 25.3 Å². The molecule has 1 aliphatic carbocycles. The molecule has 0 N–H and O–H groups in total. The lowest BCUT2D eigenvalue weighted by Gasteiger charge is -2.15. The molecule has 7 heteroatoms. The Balaban J connectivity index is 1.97. The monoisotopic (exact) mass is 389 g/mol. The van der Waals surface area contributed by atoms with E-state index >= 15 is 0 Å². The van der Waals surface area contributed by atoms with Crippen molar-refractivity contribution in [1.82, 2.24) is 9.97 Å². The minimum absolute atomic E-state index is 0.148. The molecule has 2 heterocycles. The van der Waals surface area contributed by atoms with Crippen LogP contribution in [0.2, 0.25) is 10.0 Å². The molecule has 1 saturated carbocycles. The van der Waals surface area contributed by atoms with Gasteiger partial charge in [-0.25, -0.2) is 4.98 Å². The molecule has 0 unspecified atom stereocenters. The second-order valence-corrected chi connectivity index (χ2v) is 6.73. The molecule has 3 rings (SSSR count). The van der Waals surface area contributed by atoms with Gasteiger partial charge in [0.2, 0.25) is 0 Å². The highest BCUT2D eigenvalue weighted by atomic mass is 35.5. The molecule has 26 heavy (non-hydrogen) atoms. The van der Waals surface area contributed by atoms with Gasteiger partial charge in [-0.05, 0) is 43.9 Å². The van der Waals surface area contributed by atoms with Crippen LogP contribution in [0.5, 0.6) is 11.6 Å². The van der Waals surface area contributed by atoms with Crippen molar-refractivity contribution in [2.45, 2.75) is 31.8 Å². The average Bonchev–Trinajstić information content (AvgIpc) is 3.14. The third-order valence-corrected chi connectivity index (χ3v) is 4.76. The van der Waals surface area contributed by atoms with Crippen molar-refractivity contribution in [2.24, 2.45) is 0 Å². The van der Waals surface area contributed by atoms with Crippen LogP contribution in [-0.2, 0) is 0 Å². The fourth-order valence-corrected chi connectivity index (χ4v) is 3.47. The highest BCUT2D eigenvalue weighted by Gasteiger charge is 2.20. The maximum absolute atomic E-state index is 9.55. The fourth-order valence-electron chi connectivity index (χ4n) is 2.90. The summed E-state index contributed by atoms with van der Waals surface area (Å²) in [5.41, 5.74) is 1.29. The average molecular weight is 390 g/mol. The summed E-state index contributed by atoms with van der Waals surface area (Å²) in [6.45, 7) is 0. The molecule has 0 aliphatic heterocycles. The normalized spacial score (nSPS) is 14.9. The number of rotatable bonds is 5. The van der Waals surface area contributed by atoms with Gasteiger partial charge in [-0.15, -0.1) is 0 Å². The van der Waals surface area contributed by atoms with Crippen molar-refractivity contribution in [1.29, 1.82) is 5.26 Å². The highest BCUT2D eigenvalue weighted by Crippen LogP contribution is 2.33. The minimum Gasteiger partial charge on any atom is -0.491 e. The molecule has 0 aromatic carbocycles. The van der Waals surface area contributed by atoms with E-state index in [-0.39, 0.29) is 6.10 Å². The number of allylic oxidation sites excluding steroid dienone is 1. The predicted molar refractivity (Wildman–Crippen MR) is 101 cm³/mol. The van der Waals surface area contributed by atoms with E-state index in [0.29, 0.717) is 38.5 Å². The highest BCUT2D eigenvalue weighted by molar-refractivity contribution is 6.38. The van der Waals surface area contributed by atoms with Gasteiger partial charge in [0.1, 0.15) is 6.10 Å². The Labute approximate surface area is 162 Å². The van der Waals surface area contributed by atoms with Crippen LogP contribution in [0.15, 0.2) is 24.5 Å². The van der Waals surface area contributed by atoms with E-state index in [1.807, 2.05) is 0 Å². The number of hydrogen-bond acceptors (Lipinski definition) is 5. The number of hydrogen-bond donors (Lipinski definition) is 0. The molecular weight excluding hydrogens is 373 g/mol. The summed E-state index contributed by atoms with van der Waals surface area (Å²) in [6, 6.07) is 5.64. The molecule has 0 saturated heterocycles. The largest absolute Gasteiger partial charge is 0.491 e. The van der Waals surface area contributed by atoms with Crippen LogP contribution < -0.4 is 9.47 Å². The third kappa shape index (κ3) is 4.09. The summed E-state index contributed by atoms with van der Waals surface area (Å²) in [5.74, 6) is 0.991. The molecule has 0 atom stereocenters. The SMILES string of the molecule is COc1ccc(/C=C(\C#N)c2c(Cl)cncc2Cl)nc1OC1CCCC1. The van der Waals surface area contributed by atoms with Crippen LogP contribution >= 0.6 is 23.2 Å². The zero-order valence-electron chi connectivity index (χ0n) is 14.2. The molecular formula is C19H17Cl2N3O2. The van der Waals surface area contributed by atoms with Crippen LogP contribution in [0.3, 0.4) is 0 Å². The number of pyridine rings is 2. The van der Waals surface area contributed by atoms with Gasteiger partial charge in [0.15, 0.2) is 5.75 Å². The van der Waals surface area contributed by atoms with Crippen LogP contribution in [0.4, 0.5) is 0 Å². The number of nitrogens with zero attached hydrogens (tertiary/aromatic N) is 3. The first-order valence-corrected chi connectivity index (χ1v) is 9.01. The molecule has 5 nitrogen and oxygen atoms in total. The van der Waals surface area contributed by atoms with Crippen molar-refractivity contribution in [3.05, 3.63) is 45.8 Å². The summed E-state index contributed by atoms with van der Waals surface area (Å²) in [4.78, 5) is 8.41. The lowest BCUT2D eigenvalue weighted by atomic mass is 10.1. The van der Waals surface area contributed by atoms with Crippen molar-refractivity contribution >= 4 is 34.9 Å². The maximum atomic E-state index is 9.55. The van der Waals surface area contributed by atoms with Gasteiger partial charge in [0, 0.05) is 18.0 Å². The van der Waals surface area contributed by atoms with E-state index in [2.05, 4.69) is 16.0 Å². The molecule has 0 bridgehead atoms. The van der Waals surface area contributed by atoms with Crippen LogP contribution in [-0.4, -0.2) is 23.2 Å². The Hall–Kier alpha value is -2.29. The second kappa shape index (κ2) is 8.39. The van der Waals surface area contributed by atoms with Gasteiger partial charge in [-0.1, -0.05) is 23.2 Å². The van der Waals surface area contributed by atoms with Crippen molar-refractivity contribution in [3.8, 4) is 17.7 Å². The first-order valence-electron chi connectivity index (χ1n) is 8.25. The number of ether oxygens (including phenoxy) is 2. The summed E-state index contributed by atoms with van der Waals surface area (Å²) >= 11 is 12.3. The molecule has 2 aromatic heterocycles. The van der Waals surface area contributed by atoms with E-state index < -0.39 is 0 Å². The molecule has 1 fully saturated rings.